The maximum atomic E-state index is 11.9. The van der Waals surface area contributed by atoms with Gasteiger partial charge in [-0.3, -0.25) is 4.79 Å². The first-order valence-corrected chi connectivity index (χ1v) is 6.58. The van der Waals surface area contributed by atoms with Gasteiger partial charge in [0.2, 0.25) is 5.91 Å². The average Bonchev–Trinajstić information content (AvgIpc) is 3.16. The summed E-state index contributed by atoms with van der Waals surface area (Å²) in [5, 5.41) is 7.48. The number of nitrogens with zero attached hydrogens (tertiary/aromatic N) is 2. The van der Waals surface area contributed by atoms with Crippen molar-refractivity contribution in [3.05, 3.63) is 41.7 Å². The fraction of sp³-hybridized carbons (Fsp3) is 0.333. The molecule has 0 aliphatic heterocycles. The van der Waals surface area contributed by atoms with Gasteiger partial charge < -0.3 is 5.32 Å². The number of hydrogen-bond acceptors (Lipinski definition) is 2. The van der Waals surface area contributed by atoms with Crippen molar-refractivity contribution < 1.29 is 4.79 Å². The van der Waals surface area contributed by atoms with Crippen LogP contribution in [0.2, 0.25) is 0 Å². The minimum Gasteiger partial charge on any atom is -0.324 e. The molecule has 19 heavy (non-hydrogen) atoms. The zero-order chi connectivity index (χ0) is 13.4. The van der Waals surface area contributed by atoms with E-state index in [9.17, 15) is 4.79 Å². The van der Waals surface area contributed by atoms with Crippen molar-refractivity contribution in [2.45, 2.75) is 26.7 Å². The van der Waals surface area contributed by atoms with Gasteiger partial charge in [-0.25, -0.2) is 4.68 Å². The maximum Gasteiger partial charge on any atom is 0.227 e. The molecule has 1 aromatic carbocycles. The molecule has 0 atom stereocenters. The van der Waals surface area contributed by atoms with Gasteiger partial charge in [0.15, 0.2) is 0 Å². The predicted molar refractivity (Wildman–Crippen MR) is 74.4 cm³/mol. The molecule has 1 N–H and O–H groups in total. The van der Waals surface area contributed by atoms with Crippen LogP contribution in [0.5, 0.6) is 0 Å². The third-order valence-electron chi connectivity index (χ3n) is 3.35. The topological polar surface area (TPSA) is 46.9 Å². The van der Waals surface area contributed by atoms with Gasteiger partial charge in [0, 0.05) is 11.6 Å². The van der Waals surface area contributed by atoms with E-state index in [1.165, 1.54) is 0 Å². The van der Waals surface area contributed by atoms with E-state index in [0.717, 1.165) is 35.6 Å². The highest BCUT2D eigenvalue weighted by atomic mass is 16.2. The molecule has 4 nitrogen and oxygen atoms in total. The molecule has 0 bridgehead atoms. The van der Waals surface area contributed by atoms with Crippen molar-refractivity contribution in [1.82, 2.24) is 9.78 Å². The summed E-state index contributed by atoms with van der Waals surface area (Å²) in [7, 11) is 0. The highest BCUT2D eigenvalue weighted by Crippen LogP contribution is 2.31. The molecule has 3 rings (SSSR count). The Morgan fingerprint density at radius 2 is 2.05 bits per heavy atom. The summed E-state index contributed by atoms with van der Waals surface area (Å²) in [4.78, 5) is 11.9. The van der Waals surface area contributed by atoms with E-state index in [1.54, 1.807) is 0 Å². The number of rotatable bonds is 3. The number of carbonyl (C=O) groups is 1. The van der Waals surface area contributed by atoms with Crippen LogP contribution in [0.15, 0.2) is 30.3 Å². The van der Waals surface area contributed by atoms with Crippen molar-refractivity contribution >= 4 is 11.6 Å². The van der Waals surface area contributed by atoms with Crippen LogP contribution in [0.3, 0.4) is 0 Å². The van der Waals surface area contributed by atoms with Gasteiger partial charge in [0.25, 0.3) is 0 Å². The SMILES string of the molecule is Cc1cc(C)n(-c2ccccc2NC(=O)C2CC2)n1. The van der Waals surface area contributed by atoms with E-state index in [1.807, 2.05) is 48.9 Å². The molecule has 0 spiro atoms. The number of aromatic nitrogens is 2. The van der Waals surface area contributed by atoms with Crippen LogP contribution in [-0.2, 0) is 4.79 Å². The van der Waals surface area contributed by atoms with Crippen molar-refractivity contribution in [2.75, 3.05) is 5.32 Å². The van der Waals surface area contributed by atoms with E-state index in [2.05, 4.69) is 10.4 Å². The molecule has 0 unspecified atom stereocenters. The fourth-order valence-corrected chi connectivity index (χ4v) is 2.22. The molecule has 1 saturated carbocycles. The van der Waals surface area contributed by atoms with Crippen LogP contribution in [0, 0.1) is 19.8 Å². The molecule has 1 amide bonds. The Morgan fingerprint density at radius 3 is 2.68 bits per heavy atom. The highest BCUT2D eigenvalue weighted by molar-refractivity contribution is 5.95. The Morgan fingerprint density at radius 1 is 1.32 bits per heavy atom. The van der Waals surface area contributed by atoms with Crippen LogP contribution < -0.4 is 5.32 Å². The Balaban J connectivity index is 1.96. The first-order valence-electron chi connectivity index (χ1n) is 6.58. The molecule has 1 aliphatic rings. The molecule has 1 fully saturated rings. The first-order chi connectivity index (χ1) is 9.15. The van der Waals surface area contributed by atoms with Gasteiger partial charge in [0.05, 0.1) is 17.1 Å². The van der Waals surface area contributed by atoms with Crippen LogP contribution in [-0.4, -0.2) is 15.7 Å². The maximum absolute atomic E-state index is 11.9. The summed E-state index contributed by atoms with van der Waals surface area (Å²) >= 11 is 0. The second kappa shape index (κ2) is 4.53. The minimum absolute atomic E-state index is 0.119. The molecular formula is C15H17N3O. The number of nitrogens with one attached hydrogen (secondary N) is 1. The first kappa shape index (κ1) is 12.0. The van der Waals surface area contributed by atoms with Gasteiger partial charge >= 0.3 is 0 Å². The van der Waals surface area contributed by atoms with Crippen molar-refractivity contribution in [3.63, 3.8) is 0 Å². The van der Waals surface area contributed by atoms with Gasteiger partial charge in [-0.1, -0.05) is 12.1 Å². The summed E-state index contributed by atoms with van der Waals surface area (Å²) in [5.74, 6) is 0.322. The Labute approximate surface area is 112 Å². The lowest BCUT2D eigenvalue weighted by Gasteiger charge is -2.12. The largest absolute Gasteiger partial charge is 0.324 e. The second-order valence-electron chi connectivity index (χ2n) is 5.12. The second-order valence-corrected chi connectivity index (χ2v) is 5.12. The highest BCUT2D eigenvalue weighted by Gasteiger charge is 2.30. The van der Waals surface area contributed by atoms with E-state index in [4.69, 9.17) is 0 Å². The number of carbonyl (C=O) groups excluding carboxylic acids is 1. The molecule has 98 valence electrons. The lowest BCUT2D eigenvalue weighted by Crippen LogP contribution is -2.15. The van der Waals surface area contributed by atoms with E-state index in [-0.39, 0.29) is 11.8 Å². The van der Waals surface area contributed by atoms with Gasteiger partial charge in [-0.05, 0) is 44.9 Å². The zero-order valence-electron chi connectivity index (χ0n) is 11.2. The van der Waals surface area contributed by atoms with Crippen molar-refractivity contribution in [3.8, 4) is 5.69 Å². The molecule has 4 heteroatoms. The van der Waals surface area contributed by atoms with E-state index in [0.29, 0.717) is 0 Å². The molecule has 1 heterocycles. The number of benzene rings is 1. The Hall–Kier alpha value is -2.10. The lowest BCUT2D eigenvalue weighted by molar-refractivity contribution is -0.117. The average molecular weight is 255 g/mol. The van der Waals surface area contributed by atoms with Crippen LogP contribution >= 0.6 is 0 Å². The molecule has 1 aliphatic carbocycles. The summed E-state index contributed by atoms with van der Waals surface area (Å²) in [6.07, 6.45) is 2.02. The number of aryl methyl sites for hydroxylation is 2. The summed E-state index contributed by atoms with van der Waals surface area (Å²) in [5.41, 5.74) is 3.78. The summed E-state index contributed by atoms with van der Waals surface area (Å²) in [6.45, 7) is 3.98. The molecule has 1 aromatic heterocycles. The molecule has 0 radical (unpaired) electrons. The standard InChI is InChI=1S/C15H17N3O/c1-10-9-11(2)18(17-10)14-6-4-3-5-13(14)16-15(19)12-7-8-12/h3-6,9,12H,7-8H2,1-2H3,(H,16,19). The summed E-state index contributed by atoms with van der Waals surface area (Å²) < 4.78 is 1.87. The molecule has 2 aromatic rings. The lowest BCUT2D eigenvalue weighted by atomic mass is 10.2. The number of hydrogen-bond donors (Lipinski definition) is 1. The van der Waals surface area contributed by atoms with Gasteiger partial charge in [-0.2, -0.15) is 5.10 Å². The molecule has 0 saturated heterocycles. The fourth-order valence-electron chi connectivity index (χ4n) is 2.22. The van der Waals surface area contributed by atoms with Crippen molar-refractivity contribution in [2.24, 2.45) is 5.92 Å². The normalized spacial score (nSPS) is 14.4. The Kier molecular flexibility index (Phi) is 2.85. The van der Waals surface area contributed by atoms with Crippen LogP contribution in [0.1, 0.15) is 24.2 Å². The molecular weight excluding hydrogens is 238 g/mol. The zero-order valence-corrected chi connectivity index (χ0v) is 11.2. The summed E-state index contributed by atoms with van der Waals surface area (Å²) in [6, 6.07) is 9.81. The van der Waals surface area contributed by atoms with Crippen LogP contribution in [0.4, 0.5) is 5.69 Å². The van der Waals surface area contributed by atoms with E-state index >= 15 is 0 Å². The van der Waals surface area contributed by atoms with Gasteiger partial charge in [0.1, 0.15) is 0 Å². The van der Waals surface area contributed by atoms with Crippen LogP contribution in [0.25, 0.3) is 5.69 Å². The predicted octanol–water partition coefficient (Wildman–Crippen LogP) is 2.84. The van der Waals surface area contributed by atoms with E-state index < -0.39 is 0 Å². The number of para-hydroxylation sites is 2. The smallest absolute Gasteiger partial charge is 0.227 e. The minimum atomic E-state index is 0.119. The van der Waals surface area contributed by atoms with Crippen molar-refractivity contribution in [1.29, 1.82) is 0 Å². The Bertz CT molecular complexity index is 626. The quantitative estimate of drug-likeness (QED) is 0.916. The monoisotopic (exact) mass is 255 g/mol. The number of anilines is 1. The third-order valence-corrected chi connectivity index (χ3v) is 3.35. The number of amides is 1. The van der Waals surface area contributed by atoms with Gasteiger partial charge in [-0.15, -0.1) is 0 Å². The third kappa shape index (κ3) is 2.38.